The largest absolute Gasteiger partial charge is 0.390 e. The summed E-state index contributed by atoms with van der Waals surface area (Å²) in [6.07, 6.45) is -6.69. The number of alkyl halides is 3. The smallest absolute Gasteiger partial charge is 0.387 e. The van der Waals surface area contributed by atoms with Crippen LogP contribution < -0.4 is 5.32 Å². The first kappa shape index (κ1) is 15.8. The molecule has 1 aromatic rings. The van der Waals surface area contributed by atoms with Crippen LogP contribution in [0.15, 0.2) is 18.2 Å². The van der Waals surface area contributed by atoms with E-state index in [-0.39, 0.29) is 12.1 Å². The summed E-state index contributed by atoms with van der Waals surface area (Å²) in [6, 6.07) is 1.74. The van der Waals surface area contributed by atoms with Crippen LogP contribution in [0.4, 0.5) is 22.0 Å². The topological polar surface area (TPSA) is 32.3 Å². The molecule has 108 valence electrons. The second-order valence-electron chi connectivity index (χ2n) is 4.31. The molecule has 0 fully saturated rings. The van der Waals surface area contributed by atoms with Crippen LogP contribution in [0.5, 0.6) is 0 Å². The standard InChI is InChI=1S/C12H14F5NO/c1-7(5-12(15,16)17)18-6-11(19)9-3-2-8(13)4-10(9)14/h2-4,7,11,18-19H,5-6H2,1H3. The van der Waals surface area contributed by atoms with Gasteiger partial charge in [-0.2, -0.15) is 13.2 Å². The van der Waals surface area contributed by atoms with E-state index in [2.05, 4.69) is 5.32 Å². The molecular weight excluding hydrogens is 269 g/mol. The van der Waals surface area contributed by atoms with E-state index in [1.165, 1.54) is 6.92 Å². The Kier molecular flexibility index (Phi) is 5.25. The molecule has 0 bridgehead atoms. The third kappa shape index (κ3) is 5.52. The molecule has 1 aromatic carbocycles. The molecule has 0 aliphatic rings. The van der Waals surface area contributed by atoms with Crippen molar-refractivity contribution >= 4 is 0 Å². The highest BCUT2D eigenvalue weighted by atomic mass is 19.4. The number of halogens is 5. The summed E-state index contributed by atoms with van der Waals surface area (Å²) in [7, 11) is 0. The minimum absolute atomic E-state index is 0.159. The molecule has 0 aliphatic carbocycles. The quantitative estimate of drug-likeness (QED) is 0.814. The van der Waals surface area contributed by atoms with E-state index in [1.54, 1.807) is 0 Å². The van der Waals surface area contributed by atoms with Gasteiger partial charge in [0, 0.05) is 24.2 Å². The molecule has 2 nitrogen and oxygen atoms in total. The zero-order valence-corrected chi connectivity index (χ0v) is 10.1. The van der Waals surface area contributed by atoms with Gasteiger partial charge in [-0.05, 0) is 13.0 Å². The molecule has 0 heterocycles. The molecule has 1 rings (SSSR count). The normalized spacial score (nSPS) is 15.3. The van der Waals surface area contributed by atoms with E-state index in [1.807, 2.05) is 0 Å². The molecular formula is C12H14F5NO. The third-order valence-corrected chi connectivity index (χ3v) is 2.52. The Morgan fingerprint density at radius 3 is 2.42 bits per heavy atom. The molecule has 2 unspecified atom stereocenters. The van der Waals surface area contributed by atoms with Crippen molar-refractivity contribution in [1.29, 1.82) is 0 Å². The van der Waals surface area contributed by atoms with E-state index in [9.17, 15) is 27.1 Å². The van der Waals surface area contributed by atoms with Gasteiger partial charge in [0.1, 0.15) is 11.6 Å². The predicted molar refractivity (Wildman–Crippen MR) is 59.5 cm³/mol. The van der Waals surface area contributed by atoms with Crippen molar-refractivity contribution in [2.24, 2.45) is 0 Å². The fourth-order valence-electron chi connectivity index (χ4n) is 1.61. The van der Waals surface area contributed by atoms with E-state index in [4.69, 9.17) is 0 Å². The Balaban J connectivity index is 2.53. The lowest BCUT2D eigenvalue weighted by Crippen LogP contribution is -2.34. The van der Waals surface area contributed by atoms with E-state index < -0.39 is 36.4 Å². The maximum atomic E-state index is 13.3. The second-order valence-corrected chi connectivity index (χ2v) is 4.31. The lowest BCUT2D eigenvalue weighted by Gasteiger charge is -2.19. The molecule has 0 amide bonds. The van der Waals surface area contributed by atoms with Gasteiger partial charge >= 0.3 is 6.18 Å². The van der Waals surface area contributed by atoms with Gasteiger partial charge in [-0.1, -0.05) is 6.07 Å². The molecule has 0 spiro atoms. The number of hydrogen-bond acceptors (Lipinski definition) is 2. The minimum Gasteiger partial charge on any atom is -0.387 e. The average Bonchev–Trinajstić information content (AvgIpc) is 2.23. The maximum Gasteiger partial charge on any atom is 0.390 e. The maximum absolute atomic E-state index is 13.3. The SMILES string of the molecule is CC(CC(F)(F)F)NCC(O)c1ccc(F)cc1F. The summed E-state index contributed by atoms with van der Waals surface area (Å²) >= 11 is 0. The molecule has 0 radical (unpaired) electrons. The summed E-state index contributed by atoms with van der Waals surface area (Å²) in [5, 5.41) is 12.1. The highest BCUT2D eigenvalue weighted by Gasteiger charge is 2.30. The van der Waals surface area contributed by atoms with Crippen LogP contribution in [-0.4, -0.2) is 23.9 Å². The van der Waals surface area contributed by atoms with Gasteiger partial charge in [-0.15, -0.1) is 0 Å². The molecule has 2 atom stereocenters. The summed E-state index contributed by atoms with van der Waals surface area (Å²) in [5.74, 6) is -1.72. The van der Waals surface area contributed by atoms with Crippen molar-refractivity contribution < 1.29 is 27.1 Å². The van der Waals surface area contributed by atoms with Crippen LogP contribution in [0.2, 0.25) is 0 Å². The predicted octanol–water partition coefficient (Wildman–Crippen LogP) is 2.93. The zero-order chi connectivity index (χ0) is 14.6. The van der Waals surface area contributed by atoms with Crippen molar-refractivity contribution in [3.05, 3.63) is 35.4 Å². The summed E-state index contributed by atoms with van der Waals surface area (Å²) in [6.45, 7) is 1.06. The van der Waals surface area contributed by atoms with Crippen LogP contribution in [0.1, 0.15) is 25.0 Å². The monoisotopic (exact) mass is 283 g/mol. The highest BCUT2D eigenvalue weighted by Crippen LogP contribution is 2.22. The first-order chi connectivity index (χ1) is 8.69. The van der Waals surface area contributed by atoms with Crippen molar-refractivity contribution in [2.45, 2.75) is 31.7 Å². The molecule has 0 saturated carbocycles. The number of rotatable bonds is 5. The number of benzene rings is 1. The fraction of sp³-hybridized carbons (Fsp3) is 0.500. The Labute approximate surface area is 107 Å². The lowest BCUT2D eigenvalue weighted by atomic mass is 10.1. The summed E-state index contributed by atoms with van der Waals surface area (Å²) in [4.78, 5) is 0. The minimum atomic E-state index is -4.31. The first-order valence-electron chi connectivity index (χ1n) is 5.62. The molecule has 0 saturated heterocycles. The second kappa shape index (κ2) is 6.29. The van der Waals surface area contributed by atoms with Crippen molar-refractivity contribution in [3.63, 3.8) is 0 Å². The van der Waals surface area contributed by atoms with E-state index in [0.717, 1.165) is 12.1 Å². The van der Waals surface area contributed by atoms with E-state index in [0.29, 0.717) is 6.07 Å². The summed E-state index contributed by atoms with van der Waals surface area (Å²) < 4.78 is 62.1. The van der Waals surface area contributed by atoms with Crippen LogP contribution in [0.3, 0.4) is 0 Å². The van der Waals surface area contributed by atoms with Crippen molar-refractivity contribution in [3.8, 4) is 0 Å². The first-order valence-corrected chi connectivity index (χ1v) is 5.62. The van der Waals surface area contributed by atoms with Crippen LogP contribution in [0.25, 0.3) is 0 Å². The van der Waals surface area contributed by atoms with Gasteiger partial charge in [-0.25, -0.2) is 8.78 Å². The van der Waals surface area contributed by atoms with Gasteiger partial charge < -0.3 is 10.4 Å². The Morgan fingerprint density at radius 2 is 1.89 bits per heavy atom. The number of nitrogens with one attached hydrogen (secondary N) is 1. The van der Waals surface area contributed by atoms with Gasteiger partial charge in [0.15, 0.2) is 0 Å². The summed E-state index contributed by atoms with van der Waals surface area (Å²) in [5.41, 5.74) is -0.159. The fourth-order valence-corrected chi connectivity index (χ4v) is 1.61. The third-order valence-electron chi connectivity index (χ3n) is 2.52. The highest BCUT2D eigenvalue weighted by molar-refractivity contribution is 5.21. The molecule has 0 aliphatic heterocycles. The molecule has 7 heteroatoms. The number of hydrogen-bond donors (Lipinski definition) is 2. The molecule has 0 aromatic heterocycles. The van der Waals surface area contributed by atoms with Gasteiger partial charge in [0.05, 0.1) is 12.5 Å². The van der Waals surface area contributed by atoms with Crippen molar-refractivity contribution in [2.75, 3.05) is 6.54 Å². The average molecular weight is 283 g/mol. The Morgan fingerprint density at radius 1 is 1.26 bits per heavy atom. The Hall–Kier alpha value is -1.21. The van der Waals surface area contributed by atoms with Crippen LogP contribution >= 0.6 is 0 Å². The number of aliphatic hydroxyl groups excluding tert-OH is 1. The molecule has 2 N–H and O–H groups in total. The molecule has 19 heavy (non-hydrogen) atoms. The van der Waals surface area contributed by atoms with Gasteiger partial charge in [-0.3, -0.25) is 0 Å². The number of aliphatic hydroxyl groups is 1. The zero-order valence-electron chi connectivity index (χ0n) is 10.1. The lowest BCUT2D eigenvalue weighted by molar-refractivity contribution is -0.139. The van der Waals surface area contributed by atoms with Gasteiger partial charge in [0.25, 0.3) is 0 Å². The van der Waals surface area contributed by atoms with Crippen LogP contribution in [0, 0.1) is 11.6 Å². The van der Waals surface area contributed by atoms with Crippen LogP contribution in [-0.2, 0) is 0 Å². The van der Waals surface area contributed by atoms with E-state index >= 15 is 0 Å². The van der Waals surface area contributed by atoms with Gasteiger partial charge in [0.2, 0.25) is 0 Å². The van der Waals surface area contributed by atoms with Crippen molar-refractivity contribution in [1.82, 2.24) is 5.32 Å². The Bertz CT molecular complexity index is 421.